The van der Waals surface area contributed by atoms with Crippen molar-refractivity contribution in [2.24, 2.45) is 0 Å². The van der Waals surface area contributed by atoms with E-state index in [2.05, 4.69) is 0 Å². The third kappa shape index (κ3) is 21.4. The summed E-state index contributed by atoms with van der Waals surface area (Å²) in [6.45, 7) is -65.4. The van der Waals surface area contributed by atoms with Gasteiger partial charge < -0.3 is 24.5 Å². The molecule has 0 amide bonds. The van der Waals surface area contributed by atoms with E-state index in [1.807, 2.05) is 0 Å². The van der Waals surface area contributed by atoms with E-state index in [-0.39, 0.29) is 19.6 Å². The zero-order chi connectivity index (χ0) is 133. The highest BCUT2D eigenvalue weighted by molar-refractivity contribution is 5.37. The van der Waals surface area contributed by atoms with Crippen LogP contribution in [0.25, 0.3) is 0 Å². The van der Waals surface area contributed by atoms with Crippen LogP contribution in [0.4, 0.5) is 0 Å². The molecule has 0 radical (unpaired) electrons. The van der Waals surface area contributed by atoms with Gasteiger partial charge in [-0.15, -0.1) is 0 Å². The Hall–Kier alpha value is -8.20. The smallest absolute Gasteiger partial charge is 0.0626 e. The van der Waals surface area contributed by atoms with Gasteiger partial charge in [-0.3, -0.25) is 24.5 Å². The number of nitrogens with zero attached hydrogens (tertiary/aromatic N) is 10. The fraction of sp³-hybridized carbons (Fsp3) is 0.333. The minimum Gasteiger partial charge on any atom is -0.304 e. The Labute approximate surface area is 703 Å². The van der Waals surface area contributed by atoms with Crippen LogP contribution in [0.1, 0.15) is 186 Å². The molecule has 5 saturated heterocycles. The average molecular weight is 1410 g/mol. The fourth-order valence-corrected chi connectivity index (χ4v) is 9.52. The summed E-state index contributed by atoms with van der Waals surface area (Å²) in [7, 11) is 1.97. The Bertz CT molecular complexity index is 7140. The van der Waals surface area contributed by atoms with Crippen molar-refractivity contribution in [2.45, 2.75) is 30.2 Å². The Kier molecular flexibility index (Phi) is 9.69. The summed E-state index contributed by atoms with van der Waals surface area (Å²) < 4.78 is 602. The highest BCUT2D eigenvalue weighted by Gasteiger charge is 2.30. The maximum Gasteiger partial charge on any atom is 0.0626 e. The topological polar surface area (TPSA) is 32.4 Å². The third-order valence-electron chi connectivity index (χ3n) is 14.0. The second-order valence-corrected chi connectivity index (χ2v) is 20.5. The molecule has 10 nitrogen and oxygen atoms in total. The van der Waals surface area contributed by atoms with Gasteiger partial charge in [0.2, 0.25) is 0 Å². The second kappa shape index (κ2) is 39.1. The summed E-state index contributed by atoms with van der Waals surface area (Å²) in [6, 6.07) is -5.92. The molecule has 0 aliphatic carbocycles. The lowest BCUT2D eigenvalue weighted by Crippen LogP contribution is -2.46. The van der Waals surface area contributed by atoms with Crippen LogP contribution < -0.4 is 0 Å². The van der Waals surface area contributed by atoms with E-state index in [1.165, 1.54) is 11.9 Å². The minimum atomic E-state index is -3.98. The molecule has 0 N–H and O–H groups in total. The first-order valence-corrected chi connectivity index (χ1v) is 29.9. The molecule has 10 aromatic carbocycles. The number of hydrogen-bond acceptors (Lipinski definition) is 10. The standard InChI is InChI=1S/5C18H22N2/c5*1-19-12-14-20(15-13-19)18(16-8-4-2-5-9-16)17-10-6-3-7-11-17/h5*2-11,18H,12-15H2,1H3/i1D3,2D,3D,4D,5D,6D,7D,8D,9D,10D,11D,12D2,13D2,14D2,15D2;2D,3D,4D,5D,6D,7D,8D,9D,10D,11D,12D2,13D2,14D2,15D2;2D,3D,4D,5D,6D,7D,8D,9D,10D,11D,12D2,13D2,18D;1D3,12D2,13D2,14D2,15D2;1D3,12D2,13D2,18D. The summed E-state index contributed by atoms with van der Waals surface area (Å²) in [4.78, 5) is 2.58. The van der Waals surface area contributed by atoms with Gasteiger partial charge in [-0.25, -0.2) is 0 Å². The molecule has 15 rings (SSSR count). The van der Waals surface area contributed by atoms with E-state index in [0.29, 0.717) is 32.1 Å². The van der Waals surface area contributed by atoms with Crippen LogP contribution in [0.2, 0.25) is 0 Å². The summed E-state index contributed by atoms with van der Waals surface area (Å²) in [6.07, 6.45) is 0. The Morgan fingerprint density at radius 2 is 0.450 bits per heavy atom. The monoisotopic (exact) mass is 1400 g/mol. The molecule has 5 aliphatic heterocycles. The highest BCUT2D eigenvalue weighted by Crippen LogP contribution is 2.34. The molecular formula is C90H110N10. The van der Waals surface area contributed by atoms with Crippen molar-refractivity contribution < 1.29 is 100 Å². The first-order chi connectivity index (χ1) is 78.0. The van der Waals surface area contributed by atoms with Crippen molar-refractivity contribution in [3.8, 4) is 0 Å². The first kappa shape index (κ1) is 24.8. The van der Waals surface area contributed by atoms with Crippen LogP contribution >= 0.6 is 0 Å². The van der Waals surface area contributed by atoms with E-state index in [9.17, 15) is 2.74 Å². The lowest BCUT2D eigenvalue weighted by molar-refractivity contribution is 0.127. The van der Waals surface area contributed by atoms with Crippen molar-refractivity contribution in [3.05, 3.63) is 358 Å². The van der Waals surface area contributed by atoms with Gasteiger partial charge in [0.1, 0.15) is 0 Å². The largest absolute Gasteiger partial charge is 0.304 e. The fourth-order valence-electron chi connectivity index (χ4n) is 9.52. The van der Waals surface area contributed by atoms with Crippen molar-refractivity contribution in [3.63, 3.8) is 0 Å². The maximum atomic E-state index is 9.45. The summed E-state index contributed by atoms with van der Waals surface area (Å²) >= 11 is 0. The van der Waals surface area contributed by atoms with E-state index in [1.54, 1.807) is 121 Å². The Morgan fingerprint density at radius 1 is 0.240 bits per heavy atom. The second-order valence-electron chi connectivity index (χ2n) is 20.5. The van der Waals surface area contributed by atoms with Gasteiger partial charge in [-0.05, 0) is 90.7 Å². The Balaban J connectivity index is 0.000000203. The summed E-state index contributed by atoms with van der Waals surface area (Å²) in [5.74, 6) is 0. The van der Waals surface area contributed by atoms with Crippen LogP contribution in [-0.4, -0.2) is 214 Å². The molecule has 0 bridgehead atoms. The number of hydrogen-bond donors (Lipinski definition) is 0. The predicted octanol–water partition coefficient (Wildman–Crippen LogP) is 15.1. The normalized spacial score (nSPS) is 36.7. The number of likely N-dealkylation sites (N-methyl/N-ethyl adjacent to an activating group) is 5. The van der Waals surface area contributed by atoms with Gasteiger partial charge in [0, 0.05) is 186 Å². The average Bonchev–Trinajstić information content (AvgIpc) is 0.672. The van der Waals surface area contributed by atoms with Gasteiger partial charge in [0.05, 0.1) is 74.0 Å². The quantitative estimate of drug-likeness (QED) is 0.0990. The molecule has 10 aromatic rings. The number of rotatable bonds is 15. The van der Waals surface area contributed by atoms with E-state index < -0.39 is 401 Å². The van der Waals surface area contributed by atoms with Gasteiger partial charge in [-0.2, -0.15) is 0 Å². The Morgan fingerprint density at radius 3 is 0.730 bits per heavy atom. The van der Waals surface area contributed by atoms with Crippen LogP contribution in [0.3, 0.4) is 0 Å². The van der Waals surface area contributed by atoms with Crippen molar-refractivity contribution >= 4 is 0 Å². The molecule has 520 valence electrons. The molecule has 5 aliphatic rings. The van der Waals surface area contributed by atoms with Crippen LogP contribution in [0.15, 0.2) is 303 Å². The van der Waals surface area contributed by atoms with E-state index >= 15 is 0 Å². The highest BCUT2D eigenvalue weighted by atomic mass is 15.3. The molecule has 10 heteroatoms. The van der Waals surface area contributed by atoms with Gasteiger partial charge in [0.25, 0.3) is 0 Å². The molecule has 0 atom stereocenters. The SMILES string of the molecule is [2H]C([2H])([2H])N1C([2H])([2H])C([2H])([2H])N(C(c2ccccc2)c2ccccc2)C([2H])([2H])C1([2H])[2H].[2H]C([2H])([2H])N1C([2H])([2H])CN(C([2H])(c2ccccc2)c2ccccc2)CC1([2H])[2H].[2H]c1c([2H])c([2H])c(C([2H])(c2c([2H])c([2H])c([2H])c([2H])c2[2H])N2CC([2H])([2H])N(C)C([2H])([2H])C2)c([2H])c1[2H].[2H]c1c([2H])c([2H])c(C(c2c([2H])c([2H])c([2H])c([2H])c2[2H])N2C([2H])([2H])C([2H])([2H])N(C([2H])([2H])[2H])C([2H])([2H])C2([2H])[2H])c([2H])c1[2H].[2H]c1c([2H])c([2H])c(C(c2c([2H])c([2H])c([2H])c([2H])c2[2H])N2C([2H])([2H])C([2H])([2H])N(C)C([2H])([2H])C2([2H])[2H])c([2H])c1[2H]. The molecule has 0 saturated carbocycles. The van der Waals surface area contributed by atoms with Gasteiger partial charge >= 0.3 is 0 Å². The lowest BCUT2D eigenvalue weighted by atomic mass is 9.96. The van der Waals surface area contributed by atoms with Crippen molar-refractivity contribution in [1.29, 1.82) is 0 Å². The number of benzene rings is 10. The first-order valence-electron chi connectivity index (χ1n) is 66.4. The van der Waals surface area contributed by atoms with E-state index in [0.717, 1.165) is 16.8 Å². The van der Waals surface area contributed by atoms with Crippen LogP contribution in [0, 0.1) is 0 Å². The van der Waals surface area contributed by atoms with Gasteiger partial charge in [0.15, 0.2) is 0 Å². The molecular weight excluding hydrogens is 1220 g/mol. The molecule has 0 unspecified atom stereocenters. The van der Waals surface area contributed by atoms with E-state index in [4.69, 9.17) is 97.3 Å². The van der Waals surface area contributed by atoms with Crippen LogP contribution in [-0.2, 0) is 0 Å². The maximum absolute atomic E-state index is 9.45. The third-order valence-corrected chi connectivity index (χ3v) is 14.0. The lowest BCUT2D eigenvalue weighted by Gasteiger charge is -2.38. The zero-order valence-electron chi connectivity index (χ0n) is 126. The van der Waals surface area contributed by atoms with Crippen molar-refractivity contribution in [2.75, 3.05) is 165 Å². The molecule has 0 spiro atoms. The van der Waals surface area contributed by atoms with Crippen LogP contribution in [0.5, 0.6) is 0 Å². The predicted molar refractivity (Wildman–Crippen MR) is 419 cm³/mol. The molecule has 5 fully saturated rings. The number of piperazine rings is 5. The molecule has 100 heavy (non-hydrogen) atoms. The van der Waals surface area contributed by atoms with Crippen molar-refractivity contribution in [1.82, 2.24) is 49.0 Å². The molecule has 0 aromatic heterocycles. The minimum absolute atomic E-state index is 0.0815. The molecule has 5 heterocycles. The van der Waals surface area contributed by atoms with Gasteiger partial charge in [-0.1, -0.05) is 303 Å². The summed E-state index contributed by atoms with van der Waals surface area (Å²) in [5, 5.41) is 0. The summed E-state index contributed by atoms with van der Waals surface area (Å²) in [5.41, 5.74) is -3.67. The zero-order valence-corrected chi connectivity index (χ0v) is 53.1.